The van der Waals surface area contributed by atoms with E-state index < -0.39 is 0 Å². The molecule has 19 heavy (non-hydrogen) atoms. The summed E-state index contributed by atoms with van der Waals surface area (Å²) in [6.45, 7) is 2.88. The molecule has 2 atom stereocenters. The van der Waals surface area contributed by atoms with E-state index in [0.29, 0.717) is 24.1 Å². The Morgan fingerprint density at radius 3 is 3.21 bits per heavy atom. The first-order valence-corrected chi connectivity index (χ1v) is 6.88. The third kappa shape index (κ3) is 3.67. The van der Waals surface area contributed by atoms with Crippen molar-refractivity contribution in [2.75, 3.05) is 26.9 Å². The van der Waals surface area contributed by atoms with Crippen LogP contribution in [-0.2, 0) is 16.0 Å². The molecule has 3 N–H and O–H groups in total. The maximum atomic E-state index is 6.23. The van der Waals surface area contributed by atoms with E-state index in [1.807, 2.05) is 4.68 Å². The number of halogens is 1. The van der Waals surface area contributed by atoms with Gasteiger partial charge in [0.1, 0.15) is 0 Å². The highest BCUT2D eigenvalue weighted by Gasteiger charge is 2.25. The second-order valence-corrected chi connectivity index (χ2v) is 5.19. The van der Waals surface area contributed by atoms with Crippen LogP contribution < -0.4 is 11.3 Å². The lowest BCUT2D eigenvalue weighted by atomic mass is 9.97. The van der Waals surface area contributed by atoms with Crippen LogP contribution in [0.3, 0.4) is 0 Å². The largest absolute Gasteiger partial charge is 0.383 e. The summed E-state index contributed by atoms with van der Waals surface area (Å²) in [5.74, 6) is 6.20. The van der Waals surface area contributed by atoms with Crippen LogP contribution in [-0.4, -0.2) is 36.7 Å². The Hall–Kier alpha value is -0.660. The molecule has 1 saturated heterocycles. The molecule has 0 aliphatic carbocycles. The monoisotopic (exact) mass is 288 g/mol. The zero-order valence-corrected chi connectivity index (χ0v) is 11.9. The van der Waals surface area contributed by atoms with Crippen molar-refractivity contribution in [1.82, 2.24) is 15.2 Å². The Kier molecular flexibility index (Phi) is 5.59. The van der Waals surface area contributed by atoms with Gasteiger partial charge in [-0.25, -0.2) is 0 Å². The maximum absolute atomic E-state index is 6.23. The van der Waals surface area contributed by atoms with Crippen molar-refractivity contribution >= 4 is 11.6 Å². The van der Waals surface area contributed by atoms with Crippen molar-refractivity contribution < 1.29 is 9.47 Å². The smallest absolute Gasteiger partial charge is 0.0834 e. The van der Waals surface area contributed by atoms with E-state index in [1.54, 1.807) is 13.3 Å². The lowest BCUT2D eigenvalue weighted by molar-refractivity contribution is 0.177. The Balaban J connectivity index is 2.09. The van der Waals surface area contributed by atoms with Crippen LogP contribution in [0.2, 0.25) is 5.02 Å². The standard InChI is InChI=1S/C12H21ClN4O2/c1-18-5-3-17-12(10(13)7-15-17)11(16-14)6-9-2-4-19-8-9/h7,9,11,16H,2-6,8,14H2,1H3. The quantitative estimate of drug-likeness (QED) is 0.581. The SMILES string of the molecule is COCCn1ncc(Cl)c1C(CC1CCOC1)NN. The molecule has 1 aromatic rings. The molecule has 7 heteroatoms. The van der Waals surface area contributed by atoms with Crippen molar-refractivity contribution in [3.8, 4) is 0 Å². The molecule has 0 saturated carbocycles. The van der Waals surface area contributed by atoms with Gasteiger partial charge in [-0.2, -0.15) is 5.10 Å². The van der Waals surface area contributed by atoms with E-state index in [9.17, 15) is 0 Å². The lowest BCUT2D eigenvalue weighted by Crippen LogP contribution is -2.32. The molecular weight excluding hydrogens is 268 g/mol. The van der Waals surface area contributed by atoms with Gasteiger partial charge >= 0.3 is 0 Å². The number of nitrogens with one attached hydrogen (secondary N) is 1. The molecule has 108 valence electrons. The van der Waals surface area contributed by atoms with E-state index in [0.717, 1.165) is 31.7 Å². The second-order valence-electron chi connectivity index (χ2n) is 4.78. The minimum Gasteiger partial charge on any atom is -0.383 e. The summed E-state index contributed by atoms with van der Waals surface area (Å²) in [6.07, 6.45) is 3.62. The molecule has 1 aliphatic heterocycles. The van der Waals surface area contributed by atoms with E-state index in [1.165, 1.54) is 0 Å². The van der Waals surface area contributed by atoms with Gasteiger partial charge in [0.15, 0.2) is 0 Å². The minimum absolute atomic E-state index is 0.0152. The fourth-order valence-corrected chi connectivity index (χ4v) is 2.71. The minimum atomic E-state index is -0.0152. The zero-order valence-electron chi connectivity index (χ0n) is 11.1. The van der Waals surface area contributed by atoms with E-state index in [2.05, 4.69) is 10.5 Å². The first-order valence-electron chi connectivity index (χ1n) is 6.50. The molecule has 2 unspecified atom stereocenters. The van der Waals surface area contributed by atoms with Gasteiger partial charge < -0.3 is 9.47 Å². The number of methoxy groups -OCH3 is 1. The molecule has 0 radical (unpaired) electrons. The summed E-state index contributed by atoms with van der Waals surface area (Å²) in [4.78, 5) is 0. The first-order chi connectivity index (χ1) is 9.26. The fraction of sp³-hybridized carbons (Fsp3) is 0.750. The molecule has 0 spiro atoms. The highest BCUT2D eigenvalue weighted by molar-refractivity contribution is 6.31. The predicted molar refractivity (Wildman–Crippen MR) is 72.7 cm³/mol. The number of aromatic nitrogens is 2. The maximum Gasteiger partial charge on any atom is 0.0834 e. The first kappa shape index (κ1) is 14.7. The van der Waals surface area contributed by atoms with Crippen LogP contribution >= 0.6 is 11.6 Å². The van der Waals surface area contributed by atoms with E-state index in [-0.39, 0.29) is 6.04 Å². The van der Waals surface area contributed by atoms with Crippen LogP contribution in [0, 0.1) is 5.92 Å². The average Bonchev–Trinajstić information content (AvgIpc) is 3.04. The summed E-state index contributed by atoms with van der Waals surface area (Å²) in [5, 5.41) is 4.91. The van der Waals surface area contributed by atoms with E-state index in [4.69, 9.17) is 26.9 Å². The Labute approximate surface area is 118 Å². The Bertz CT molecular complexity index is 393. The number of hydrogen-bond donors (Lipinski definition) is 2. The van der Waals surface area contributed by atoms with Crippen molar-refractivity contribution in [3.63, 3.8) is 0 Å². The van der Waals surface area contributed by atoms with Crippen molar-refractivity contribution in [1.29, 1.82) is 0 Å². The lowest BCUT2D eigenvalue weighted by Gasteiger charge is -2.21. The van der Waals surface area contributed by atoms with Crippen LogP contribution in [0.4, 0.5) is 0 Å². The van der Waals surface area contributed by atoms with Gasteiger partial charge in [0, 0.05) is 20.3 Å². The van der Waals surface area contributed by atoms with Gasteiger partial charge in [-0.1, -0.05) is 11.6 Å². The van der Waals surface area contributed by atoms with E-state index >= 15 is 0 Å². The topological polar surface area (TPSA) is 74.3 Å². The van der Waals surface area contributed by atoms with Crippen LogP contribution in [0.5, 0.6) is 0 Å². The molecule has 0 bridgehead atoms. The molecule has 2 rings (SSSR count). The third-order valence-corrected chi connectivity index (χ3v) is 3.76. The van der Waals surface area contributed by atoms with Gasteiger partial charge in [-0.3, -0.25) is 16.0 Å². The summed E-state index contributed by atoms with van der Waals surface area (Å²) < 4.78 is 12.3. The zero-order chi connectivity index (χ0) is 13.7. The number of hydrogen-bond acceptors (Lipinski definition) is 5. The molecule has 1 fully saturated rings. The van der Waals surface area contributed by atoms with Gasteiger partial charge in [0.25, 0.3) is 0 Å². The van der Waals surface area contributed by atoms with Crippen LogP contribution in [0.1, 0.15) is 24.6 Å². The third-order valence-electron chi connectivity index (χ3n) is 3.46. The highest BCUT2D eigenvalue weighted by atomic mass is 35.5. The predicted octanol–water partition coefficient (Wildman–Crippen LogP) is 1.11. The molecule has 0 amide bonds. The van der Waals surface area contributed by atoms with Gasteiger partial charge in [0.2, 0.25) is 0 Å². The molecule has 1 aliphatic rings. The van der Waals surface area contributed by atoms with Crippen LogP contribution in [0.15, 0.2) is 6.20 Å². The Morgan fingerprint density at radius 1 is 1.74 bits per heavy atom. The molecular formula is C12H21ClN4O2. The summed E-state index contributed by atoms with van der Waals surface area (Å²) in [6, 6.07) is -0.0152. The normalized spacial score (nSPS) is 20.9. The Morgan fingerprint density at radius 2 is 2.58 bits per heavy atom. The number of nitrogens with two attached hydrogens (primary N) is 1. The molecule has 0 aromatic carbocycles. The van der Waals surface area contributed by atoms with Gasteiger partial charge in [0.05, 0.1) is 36.1 Å². The van der Waals surface area contributed by atoms with Crippen molar-refractivity contribution in [2.24, 2.45) is 11.8 Å². The van der Waals surface area contributed by atoms with Crippen molar-refractivity contribution in [3.05, 3.63) is 16.9 Å². The average molecular weight is 289 g/mol. The second kappa shape index (κ2) is 7.21. The number of nitrogens with zero attached hydrogens (tertiary/aromatic N) is 2. The fourth-order valence-electron chi connectivity index (χ4n) is 2.44. The van der Waals surface area contributed by atoms with Crippen molar-refractivity contribution in [2.45, 2.75) is 25.4 Å². The number of hydrazine groups is 1. The van der Waals surface area contributed by atoms with Gasteiger partial charge in [-0.15, -0.1) is 0 Å². The summed E-state index contributed by atoms with van der Waals surface area (Å²) >= 11 is 6.23. The summed E-state index contributed by atoms with van der Waals surface area (Å²) in [5.41, 5.74) is 3.77. The summed E-state index contributed by atoms with van der Waals surface area (Å²) in [7, 11) is 1.67. The molecule has 2 heterocycles. The molecule has 1 aromatic heterocycles. The number of rotatable bonds is 7. The number of ether oxygens (including phenoxy) is 2. The van der Waals surface area contributed by atoms with Gasteiger partial charge in [-0.05, 0) is 18.8 Å². The highest BCUT2D eigenvalue weighted by Crippen LogP contribution is 2.30. The molecule has 6 nitrogen and oxygen atoms in total. The van der Waals surface area contributed by atoms with Crippen LogP contribution in [0.25, 0.3) is 0 Å².